The Bertz CT molecular complexity index is 1410. The molecule has 0 fully saturated rings. The number of hydrogen-bond acceptors (Lipinski definition) is 7. The smallest absolute Gasteiger partial charge is 0.283 e. The predicted molar refractivity (Wildman–Crippen MR) is 131 cm³/mol. The second-order valence-electron chi connectivity index (χ2n) is 7.27. The van der Waals surface area contributed by atoms with Crippen molar-refractivity contribution >= 4 is 60.6 Å². The highest BCUT2D eigenvalue weighted by molar-refractivity contribution is 8.42. The fourth-order valence-electron chi connectivity index (χ4n) is 3.52. The van der Waals surface area contributed by atoms with Gasteiger partial charge in [0.1, 0.15) is 5.75 Å². The van der Waals surface area contributed by atoms with Crippen molar-refractivity contribution in [2.75, 3.05) is 12.9 Å². The van der Waals surface area contributed by atoms with Crippen LogP contribution in [-0.4, -0.2) is 52.1 Å². The number of aryl methyl sites for hydroxylation is 1. The van der Waals surface area contributed by atoms with Gasteiger partial charge in [-0.2, -0.15) is 10.0 Å². The number of hydrazone groups is 1. The summed E-state index contributed by atoms with van der Waals surface area (Å²) in [6.07, 6.45) is 1.56. The van der Waals surface area contributed by atoms with Crippen molar-refractivity contribution in [3.05, 3.63) is 51.8 Å². The average molecular weight is 506 g/mol. The highest BCUT2D eigenvalue weighted by Gasteiger charge is 2.39. The predicted octanol–water partition coefficient (Wildman–Crippen LogP) is 3.77. The van der Waals surface area contributed by atoms with Gasteiger partial charge in [0, 0.05) is 16.4 Å². The molecule has 1 amide bonds. The van der Waals surface area contributed by atoms with Crippen molar-refractivity contribution in [3.63, 3.8) is 0 Å². The lowest BCUT2D eigenvalue weighted by atomic mass is 10.1. The number of nitrogens with zero attached hydrogens (tertiary/aromatic N) is 4. The molecule has 4 rings (SSSR count). The molecule has 0 spiro atoms. The van der Waals surface area contributed by atoms with Crippen molar-refractivity contribution in [2.45, 2.75) is 20.8 Å². The molecule has 2 aliphatic rings. The highest BCUT2D eigenvalue weighted by atomic mass is 35.5. The summed E-state index contributed by atoms with van der Waals surface area (Å²) in [5.74, 6) is -0.370. The van der Waals surface area contributed by atoms with Gasteiger partial charge in [0.15, 0.2) is 5.84 Å². The molecule has 9 nitrogen and oxygen atoms in total. The molecule has 33 heavy (non-hydrogen) atoms. The van der Waals surface area contributed by atoms with E-state index in [-0.39, 0.29) is 26.7 Å². The zero-order chi connectivity index (χ0) is 24.1. The normalized spacial score (nSPS) is 17.4. The molecule has 2 aromatic rings. The molecule has 0 aliphatic carbocycles. The first-order chi connectivity index (χ1) is 15.6. The van der Waals surface area contributed by atoms with E-state index in [0.29, 0.717) is 16.3 Å². The molecular weight excluding hydrogens is 486 g/mol. The Morgan fingerprint density at radius 3 is 2.67 bits per heavy atom. The zero-order valence-electron chi connectivity index (χ0n) is 18.2. The summed E-state index contributed by atoms with van der Waals surface area (Å²) in [6, 6.07) is 7.17. The highest BCUT2D eigenvalue weighted by Crippen LogP contribution is 2.33. The molecule has 0 radical (unpaired) electrons. The second-order valence-corrected chi connectivity index (χ2v) is 11.1. The maximum atomic E-state index is 12.7. The first-order valence-corrected chi connectivity index (χ1v) is 12.7. The van der Waals surface area contributed by atoms with Gasteiger partial charge in [-0.3, -0.25) is 10.2 Å². The number of rotatable bonds is 4. The molecule has 172 valence electrons. The van der Waals surface area contributed by atoms with E-state index in [1.54, 1.807) is 31.4 Å². The van der Waals surface area contributed by atoms with Gasteiger partial charge in [-0.25, -0.2) is 8.42 Å². The van der Waals surface area contributed by atoms with Crippen molar-refractivity contribution in [3.8, 4) is 11.4 Å². The third-order valence-electron chi connectivity index (χ3n) is 5.23. The van der Waals surface area contributed by atoms with Crippen LogP contribution in [0.1, 0.15) is 23.9 Å². The number of thioether (sulfide) groups is 1. The van der Waals surface area contributed by atoms with Crippen LogP contribution in [0.2, 0.25) is 5.02 Å². The Morgan fingerprint density at radius 2 is 2.00 bits per heavy atom. The number of nitrogens with one attached hydrogen (secondary N) is 1. The Labute approximate surface area is 200 Å². The number of sulfone groups is 1. The first-order valence-electron chi connectivity index (χ1n) is 9.83. The van der Waals surface area contributed by atoms with Crippen LogP contribution in [0.25, 0.3) is 11.8 Å². The van der Waals surface area contributed by atoms with E-state index in [1.807, 2.05) is 24.5 Å². The van der Waals surface area contributed by atoms with Crippen molar-refractivity contribution in [1.29, 1.82) is 5.41 Å². The summed E-state index contributed by atoms with van der Waals surface area (Å²) in [4.78, 5) is 16.7. The number of amides is 1. The molecule has 1 N–H and O–H groups in total. The summed E-state index contributed by atoms with van der Waals surface area (Å²) in [7, 11) is -2.01. The van der Waals surface area contributed by atoms with Crippen LogP contribution in [0.4, 0.5) is 0 Å². The summed E-state index contributed by atoms with van der Waals surface area (Å²) < 4.78 is 31.6. The van der Waals surface area contributed by atoms with E-state index in [0.717, 1.165) is 33.8 Å². The molecule has 0 saturated carbocycles. The van der Waals surface area contributed by atoms with Crippen LogP contribution < -0.4 is 4.74 Å². The Morgan fingerprint density at radius 1 is 1.27 bits per heavy atom. The van der Waals surface area contributed by atoms with Crippen LogP contribution in [-0.2, 0) is 14.6 Å². The largest absolute Gasteiger partial charge is 0.495 e. The monoisotopic (exact) mass is 505 g/mol. The number of aromatic nitrogens is 1. The Kier molecular flexibility index (Phi) is 5.97. The van der Waals surface area contributed by atoms with Crippen molar-refractivity contribution < 1.29 is 17.9 Å². The van der Waals surface area contributed by atoms with Gasteiger partial charge >= 0.3 is 0 Å². The topological polar surface area (TPSA) is 117 Å². The summed E-state index contributed by atoms with van der Waals surface area (Å²) in [6.45, 7) is 5.29. The minimum Gasteiger partial charge on any atom is -0.495 e. The fraction of sp³-hybridized carbons (Fsp3) is 0.238. The van der Waals surface area contributed by atoms with Crippen LogP contribution >= 0.6 is 23.4 Å². The lowest BCUT2D eigenvalue weighted by Crippen LogP contribution is -2.35. The lowest BCUT2D eigenvalue weighted by Gasteiger charge is -2.20. The summed E-state index contributed by atoms with van der Waals surface area (Å²) in [5.41, 5.74) is 3.11. The summed E-state index contributed by atoms with van der Waals surface area (Å²) in [5, 5.41) is 14.2. The number of methoxy groups -OCH3 is 1. The SMILES string of the molecule is CCS(=O)(=O)C1=NN2C(=N)/C(=C/c3cc(C)n(-c4cc(Cl)ccc4OC)c3C)C(=O)N=C2S1. The number of carbonyl (C=O) groups is 1. The van der Waals surface area contributed by atoms with Crippen LogP contribution in [0.15, 0.2) is 39.9 Å². The molecule has 1 aromatic carbocycles. The zero-order valence-corrected chi connectivity index (χ0v) is 20.6. The van der Waals surface area contributed by atoms with Gasteiger partial charge < -0.3 is 9.30 Å². The molecule has 0 saturated heterocycles. The van der Waals surface area contributed by atoms with Crippen LogP contribution in [0.3, 0.4) is 0 Å². The molecule has 0 atom stereocenters. The number of hydrogen-bond donors (Lipinski definition) is 1. The number of carbonyl (C=O) groups excluding carboxylic acids is 1. The van der Waals surface area contributed by atoms with Gasteiger partial charge in [-0.05, 0) is 61.5 Å². The van der Waals surface area contributed by atoms with E-state index in [4.69, 9.17) is 21.7 Å². The van der Waals surface area contributed by atoms with Crippen molar-refractivity contribution in [1.82, 2.24) is 9.58 Å². The van der Waals surface area contributed by atoms with Gasteiger partial charge in [0.05, 0.1) is 24.1 Å². The molecule has 0 unspecified atom stereocenters. The number of amidine groups is 2. The van der Waals surface area contributed by atoms with Crippen LogP contribution in [0, 0.1) is 19.3 Å². The number of benzene rings is 1. The maximum absolute atomic E-state index is 12.7. The standard InChI is InChI=1S/C21H20ClN5O4S2/c1-5-33(29,30)21-25-27-18(23)15(19(28)24-20(27)32-21)9-13-8-11(2)26(12(13)3)16-10-14(22)6-7-17(16)31-4/h6-10,23H,5H2,1-4H3/b15-9-,23-18?. The average Bonchev–Trinajstić information content (AvgIpc) is 3.32. The third kappa shape index (κ3) is 4.00. The molecule has 12 heteroatoms. The molecule has 0 bridgehead atoms. The molecule has 2 aliphatic heterocycles. The second kappa shape index (κ2) is 8.47. The lowest BCUT2D eigenvalue weighted by molar-refractivity contribution is -0.114. The fourth-order valence-corrected chi connectivity index (χ4v) is 5.85. The van der Waals surface area contributed by atoms with Gasteiger partial charge in [0.25, 0.3) is 5.91 Å². The Balaban J connectivity index is 1.77. The summed E-state index contributed by atoms with van der Waals surface area (Å²) >= 11 is 6.98. The van der Waals surface area contributed by atoms with Gasteiger partial charge in [0.2, 0.25) is 19.4 Å². The van der Waals surface area contributed by atoms with E-state index in [9.17, 15) is 13.2 Å². The number of fused-ring (bicyclic) bond motifs is 1. The van der Waals surface area contributed by atoms with Crippen molar-refractivity contribution in [2.24, 2.45) is 10.1 Å². The molecular formula is C21H20ClN5O4S2. The third-order valence-corrected chi connectivity index (χ3v) is 8.56. The van der Waals surface area contributed by atoms with E-state index in [1.165, 1.54) is 6.92 Å². The molecule has 1 aromatic heterocycles. The minimum absolute atomic E-state index is 0.0107. The van der Waals surface area contributed by atoms with E-state index in [2.05, 4.69) is 10.1 Å². The molecule has 3 heterocycles. The van der Waals surface area contributed by atoms with Gasteiger partial charge in [-0.15, -0.1) is 5.10 Å². The number of ether oxygens (including phenoxy) is 1. The number of aliphatic imine (C=N–C) groups is 1. The van der Waals surface area contributed by atoms with Crippen LogP contribution in [0.5, 0.6) is 5.75 Å². The number of halogens is 1. The maximum Gasteiger partial charge on any atom is 0.283 e. The first kappa shape index (κ1) is 23.3. The van der Waals surface area contributed by atoms with E-state index >= 15 is 0 Å². The van der Waals surface area contributed by atoms with E-state index < -0.39 is 15.7 Å². The quantitative estimate of drug-likeness (QED) is 0.632. The van der Waals surface area contributed by atoms with Gasteiger partial charge in [-0.1, -0.05) is 18.5 Å². The Hall–Kier alpha value is -2.89. The minimum atomic E-state index is -3.59.